The van der Waals surface area contributed by atoms with Gasteiger partial charge in [-0.15, -0.1) is 0 Å². The van der Waals surface area contributed by atoms with Gasteiger partial charge in [0.2, 0.25) is 0 Å². The van der Waals surface area contributed by atoms with Crippen molar-refractivity contribution < 1.29 is 14.3 Å². The van der Waals surface area contributed by atoms with Crippen molar-refractivity contribution in [2.75, 3.05) is 19.5 Å². The third kappa shape index (κ3) is 4.35. The second kappa shape index (κ2) is 8.63. The summed E-state index contributed by atoms with van der Waals surface area (Å²) in [6.45, 7) is 0.333. The van der Waals surface area contributed by atoms with Crippen molar-refractivity contribution in [3.05, 3.63) is 87.3 Å². The summed E-state index contributed by atoms with van der Waals surface area (Å²) in [4.78, 5) is 25.5. The summed E-state index contributed by atoms with van der Waals surface area (Å²) in [5.41, 5.74) is 0.955. The molecule has 144 valence electrons. The Hall–Kier alpha value is -3.25. The minimum Gasteiger partial charge on any atom is -0.497 e. The van der Waals surface area contributed by atoms with Gasteiger partial charge >= 0.3 is 0 Å². The first-order chi connectivity index (χ1) is 13.5. The van der Waals surface area contributed by atoms with Gasteiger partial charge in [-0.05, 0) is 42.0 Å². The Balaban J connectivity index is 1.87. The Morgan fingerprint density at radius 3 is 2.50 bits per heavy atom. The van der Waals surface area contributed by atoms with E-state index < -0.39 is 11.5 Å². The van der Waals surface area contributed by atoms with Crippen molar-refractivity contribution in [1.82, 2.24) is 4.57 Å². The SMILES string of the molecule is COc1ccc(OC)c(NC(=O)c2cccn(Cc3ccc(Cl)cc3)c2=O)c1. The van der Waals surface area contributed by atoms with Gasteiger partial charge in [-0.2, -0.15) is 0 Å². The molecule has 0 bridgehead atoms. The fourth-order valence-electron chi connectivity index (χ4n) is 2.72. The maximum Gasteiger partial charge on any atom is 0.263 e. The number of ether oxygens (including phenoxy) is 2. The lowest BCUT2D eigenvalue weighted by molar-refractivity contribution is 0.102. The zero-order chi connectivity index (χ0) is 20.1. The number of rotatable bonds is 6. The quantitative estimate of drug-likeness (QED) is 0.685. The summed E-state index contributed by atoms with van der Waals surface area (Å²) in [6, 6.07) is 15.4. The molecule has 1 aromatic heterocycles. The Morgan fingerprint density at radius 2 is 1.82 bits per heavy atom. The molecule has 0 atom stereocenters. The molecule has 0 saturated heterocycles. The van der Waals surface area contributed by atoms with E-state index in [9.17, 15) is 9.59 Å². The molecule has 0 fully saturated rings. The summed E-state index contributed by atoms with van der Waals surface area (Å²) in [6.07, 6.45) is 1.64. The molecule has 0 aliphatic carbocycles. The monoisotopic (exact) mass is 398 g/mol. The van der Waals surface area contributed by atoms with Crippen LogP contribution in [-0.2, 0) is 6.54 Å². The Labute approximate surface area is 167 Å². The number of carbonyl (C=O) groups excluding carboxylic acids is 1. The number of aromatic nitrogens is 1. The molecule has 7 heteroatoms. The molecule has 1 amide bonds. The zero-order valence-electron chi connectivity index (χ0n) is 15.4. The van der Waals surface area contributed by atoms with E-state index in [1.165, 1.54) is 24.9 Å². The number of nitrogens with zero attached hydrogens (tertiary/aromatic N) is 1. The molecule has 0 saturated carbocycles. The number of nitrogens with one attached hydrogen (secondary N) is 1. The van der Waals surface area contributed by atoms with Crippen LogP contribution in [0.1, 0.15) is 15.9 Å². The number of halogens is 1. The smallest absolute Gasteiger partial charge is 0.263 e. The topological polar surface area (TPSA) is 69.6 Å². The summed E-state index contributed by atoms with van der Waals surface area (Å²) in [5, 5.41) is 3.34. The first-order valence-corrected chi connectivity index (χ1v) is 8.87. The number of carbonyl (C=O) groups is 1. The number of amides is 1. The first-order valence-electron chi connectivity index (χ1n) is 8.49. The highest BCUT2D eigenvalue weighted by molar-refractivity contribution is 6.30. The van der Waals surface area contributed by atoms with E-state index in [0.29, 0.717) is 28.8 Å². The van der Waals surface area contributed by atoms with Crippen molar-refractivity contribution in [2.45, 2.75) is 6.54 Å². The number of anilines is 1. The van der Waals surface area contributed by atoms with Crippen molar-refractivity contribution in [2.24, 2.45) is 0 Å². The van der Waals surface area contributed by atoms with Gasteiger partial charge in [0.05, 0.1) is 26.5 Å². The standard InChI is InChI=1S/C21H19ClN2O4/c1-27-16-9-10-19(28-2)18(12-16)23-20(25)17-4-3-11-24(21(17)26)13-14-5-7-15(22)8-6-14/h3-12H,13H2,1-2H3,(H,23,25). The van der Waals surface area contributed by atoms with Crippen LogP contribution in [0.4, 0.5) is 5.69 Å². The maximum atomic E-state index is 12.8. The zero-order valence-corrected chi connectivity index (χ0v) is 16.2. The van der Waals surface area contributed by atoms with Crippen LogP contribution in [0.15, 0.2) is 65.6 Å². The molecule has 3 aromatic rings. The van der Waals surface area contributed by atoms with Crippen LogP contribution < -0.4 is 20.3 Å². The van der Waals surface area contributed by atoms with E-state index in [1.807, 2.05) is 12.1 Å². The number of methoxy groups -OCH3 is 2. The van der Waals surface area contributed by atoms with Crippen LogP contribution in [0.3, 0.4) is 0 Å². The van der Waals surface area contributed by atoms with Crippen molar-refractivity contribution in [3.63, 3.8) is 0 Å². The maximum absolute atomic E-state index is 12.8. The van der Waals surface area contributed by atoms with E-state index in [4.69, 9.17) is 21.1 Å². The number of benzene rings is 2. The third-order valence-electron chi connectivity index (χ3n) is 4.19. The molecule has 6 nitrogen and oxygen atoms in total. The van der Waals surface area contributed by atoms with Crippen LogP contribution in [0.5, 0.6) is 11.5 Å². The molecule has 0 aliphatic rings. The minimum atomic E-state index is -0.526. The van der Waals surface area contributed by atoms with Gasteiger partial charge in [-0.3, -0.25) is 9.59 Å². The highest BCUT2D eigenvalue weighted by Crippen LogP contribution is 2.29. The second-order valence-corrected chi connectivity index (χ2v) is 6.44. The van der Waals surface area contributed by atoms with Crippen molar-refractivity contribution in [1.29, 1.82) is 0 Å². The van der Waals surface area contributed by atoms with Gasteiger partial charge in [0.25, 0.3) is 11.5 Å². The Bertz CT molecular complexity index is 1050. The number of hydrogen-bond acceptors (Lipinski definition) is 4. The van der Waals surface area contributed by atoms with Crippen LogP contribution in [-0.4, -0.2) is 24.7 Å². The van der Waals surface area contributed by atoms with E-state index in [0.717, 1.165) is 5.56 Å². The molecule has 3 rings (SSSR count). The molecular formula is C21H19ClN2O4. The molecule has 2 aromatic carbocycles. The minimum absolute atomic E-state index is 0.0290. The summed E-state index contributed by atoms with van der Waals surface area (Å²) >= 11 is 5.90. The summed E-state index contributed by atoms with van der Waals surface area (Å²) in [5.74, 6) is 0.498. The molecular weight excluding hydrogens is 380 g/mol. The number of pyridine rings is 1. The highest BCUT2D eigenvalue weighted by Gasteiger charge is 2.15. The van der Waals surface area contributed by atoms with Crippen LogP contribution in [0.25, 0.3) is 0 Å². The molecule has 1 heterocycles. The van der Waals surface area contributed by atoms with Gasteiger partial charge in [-0.25, -0.2) is 0 Å². The van der Waals surface area contributed by atoms with Gasteiger partial charge in [0.1, 0.15) is 17.1 Å². The normalized spacial score (nSPS) is 10.4. The molecule has 28 heavy (non-hydrogen) atoms. The van der Waals surface area contributed by atoms with Crippen LogP contribution in [0, 0.1) is 0 Å². The van der Waals surface area contributed by atoms with Gasteiger partial charge in [0.15, 0.2) is 0 Å². The number of hydrogen-bond donors (Lipinski definition) is 1. The lowest BCUT2D eigenvalue weighted by Gasteiger charge is -2.12. The predicted octanol–water partition coefficient (Wildman–Crippen LogP) is 3.82. The van der Waals surface area contributed by atoms with E-state index in [1.54, 1.807) is 42.6 Å². The molecule has 0 unspecified atom stereocenters. The third-order valence-corrected chi connectivity index (χ3v) is 4.44. The lowest BCUT2D eigenvalue weighted by Crippen LogP contribution is -2.29. The summed E-state index contributed by atoms with van der Waals surface area (Å²) < 4.78 is 11.9. The van der Waals surface area contributed by atoms with Crippen LogP contribution >= 0.6 is 11.6 Å². The van der Waals surface area contributed by atoms with Crippen molar-refractivity contribution in [3.8, 4) is 11.5 Å². The lowest BCUT2D eigenvalue weighted by atomic mass is 10.2. The highest BCUT2D eigenvalue weighted by atomic mass is 35.5. The van der Waals surface area contributed by atoms with E-state index in [2.05, 4.69) is 5.32 Å². The first kappa shape index (κ1) is 19.5. The molecule has 0 radical (unpaired) electrons. The van der Waals surface area contributed by atoms with Gasteiger partial charge < -0.3 is 19.4 Å². The molecule has 0 aliphatic heterocycles. The fraction of sp³-hybridized carbons (Fsp3) is 0.143. The summed E-state index contributed by atoms with van der Waals surface area (Å²) in [7, 11) is 3.03. The van der Waals surface area contributed by atoms with Gasteiger partial charge in [0, 0.05) is 17.3 Å². The van der Waals surface area contributed by atoms with E-state index >= 15 is 0 Å². The molecule has 0 spiro atoms. The van der Waals surface area contributed by atoms with Gasteiger partial charge in [-0.1, -0.05) is 23.7 Å². The van der Waals surface area contributed by atoms with Crippen molar-refractivity contribution >= 4 is 23.2 Å². The Morgan fingerprint density at radius 1 is 1.07 bits per heavy atom. The molecule has 1 N–H and O–H groups in total. The average molecular weight is 399 g/mol. The average Bonchev–Trinajstić information content (AvgIpc) is 2.71. The fourth-order valence-corrected chi connectivity index (χ4v) is 2.85. The largest absolute Gasteiger partial charge is 0.497 e. The van der Waals surface area contributed by atoms with E-state index in [-0.39, 0.29) is 5.56 Å². The second-order valence-electron chi connectivity index (χ2n) is 6.00. The predicted molar refractivity (Wildman–Crippen MR) is 109 cm³/mol. The Kier molecular flexibility index (Phi) is 6.01. The van der Waals surface area contributed by atoms with Crippen LogP contribution in [0.2, 0.25) is 5.02 Å².